The molecule has 0 saturated heterocycles. The minimum atomic E-state index is -0.218. The molecule has 1 amide bonds. The maximum atomic E-state index is 11.9. The third-order valence-electron chi connectivity index (χ3n) is 2.58. The largest absolute Gasteiger partial charge is 0.350 e. The van der Waals surface area contributed by atoms with E-state index in [2.05, 4.69) is 15.7 Å². The van der Waals surface area contributed by atoms with Gasteiger partial charge in [-0.2, -0.15) is 5.10 Å². The summed E-state index contributed by atoms with van der Waals surface area (Å²) in [5.74, 6) is 0.0186. The lowest BCUT2D eigenvalue weighted by Crippen LogP contribution is -2.49. The van der Waals surface area contributed by atoms with Gasteiger partial charge in [0, 0.05) is 24.8 Å². The highest BCUT2D eigenvalue weighted by molar-refractivity contribution is 5.81. The van der Waals surface area contributed by atoms with E-state index in [1.54, 1.807) is 6.20 Å². The van der Waals surface area contributed by atoms with Crippen LogP contribution in [0.1, 0.15) is 40.3 Å². The van der Waals surface area contributed by atoms with Gasteiger partial charge in [-0.15, -0.1) is 0 Å². The molecule has 0 aliphatic heterocycles. The van der Waals surface area contributed by atoms with Gasteiger partial charge in [0.2, 0.25) is 5.91 Å². The Morgan fingerprint density at radius 2 is 2.17 bits per heavy atom. The van der Waals surface area contributed by atoms with E-state index in [0.29, 0.717) is 6.54 Å². The minimum Gasteiger partial charge on any atom is -0.350 e. The quantitative estimate of drug-likeness (QED) is 0.830. The zero-order chi connectivity index (χ0) is 13.8. The average Bonchev–Trinajstić information content (AvgIpc) is 2.70. The van der Waals surface area contributed by atoms with Gasteiger partial charge in [0.05, 0.1) is 11.7 Å². The lowest BCUT2D eigenvalue weighted by molar-refractivity contribution is -0.124. The Hall–Kier alpha value is -1.36. The molecule has 0 radical (unpaired) electrons. The molecule has 1 aromatic heterocycles. The van der Waals surface area contributed by atoms with E-state index in [0.717, 1.165) is 12.2 Å². The van der Waals surface area contributed by atoms with Gasteiger partial charge in [-0.1, -0.05) is 0 Å². The van der Waals surface area contributed by atoms with Crippen molar-refractivity contribution in [2.45, 2.75) is 59.3 Å². The molecular weight excluding hydrogens is 228 g/mol. The Kier molecular flexibility index (Phi) is 4.90. The first-order valence-corrected chi connectivity index (χ1v) is 6.39. The van der Waals surface area contributed by atoms with E-state index in [1.807, 2.05) is 45.4 Å². The number of carbonyl (C=O) groups excluding carboxylic acids is 1. The Labute approximate surface area is 109 Å². The maximum absolute atomic E-state index is 11.9. The average molecular weight is 252 g/mol. The predicted octanol–water partition coefficient (Wildman–Crippen LogP) is 1.30. The number of nitrogens with zero attached hydrogens (tertiary/aromatic N) is 2. The number of amides is 1. The molecular formula is C13H24N4O. The van der Waals surface area contributed by atoms with Crippen molar-refractivity contribution < 1.29 is 4.79 Å². The Bertz CT molecular complexity index is 392. The van der Waals surface area contributed by atoms with Crippen LogP contribution in [0.4, 0.5) is 0 Å². The second-order valence-corrected chi connectivity index (χ2v) is 5.48. The van der Waals surface area contributed by atoms with Crippen molar-refractivity contribution in [1.82, 2.24) is 20.4 Å². The Morgan fingerprint density at radius 3 is 2.72 bits per heavy atom. The van der Waals surface area contributed by atoms with Crippen LogP contribution in [0.5, 0.6) is 0 Å². The second-order valence-electron chi connectivity index (χ2n) is 5.48. The molecule has 5 heteroatoms. The van der Waals surface area contributed by atoms with Gasteiger partial charge in [0.1, 0.15) is 0 Å². The van der Waals surface area contributed by atoms with Crippen molar-refractivity contribution in [3.8, 4) is 0 Å². The van der Waals surface area contributed by atoms with Crippen molar-refractivity contribution in [1.29, 1.82) is 0 Å². The van der Waals surface area contributed by atoms with Crippen molar-refractivity contribution in [3.63, 3.8) is 0 Å². The molecule has 5 nitrogen and oxygen atoms in total. The maximum Gasteiger partial charge on any atom is 0.237 e. The fourth-order valence-corrected chi connectivity index (χ4v) is 1.62. The number of nitrogens with one attached hydrogen (secondary N) is 2. The fourth-order valence-electron chi connectivity index (χ4n) is 1.62. The number of carbonyl (C=O) groups is 1. The van der Waals surface area contributed by atoms with Gasteiger partial charge >= 0.3 is 0 Å². The fraction of sp³-hybridized carbons (Fsp3) is 0.692. The summed E-state index contributed by atoms with van der Waals surface area (Å²) in [7, 11) is 0. The molecule has 2 N–H and O–H groups in total. The summed E-state index contributed by atoms with van der Waals surface area (Å²) in [5.41, 5.74) is 0.894. The summed E-state index contributed by atoms with van der Waals surface area (Å²) >= 11 is 0. The predicted molar refractivity (Wildman–Crippen MR) is 72.1 cm³/mol. The van der Waals surface area contributed by atoms with E-state index in [9.17, 15) is 4.79 Å². The first kappa shape index (κ1) is 14.7. The lowest BCUT2D eigenvalue weighted by Gasteiger charge is -2.23. The smallest absolute Gasteiger partial charge is 0.237 e. The molecule has 0 aliphatic rings. The van der Waals surface area contributed by atoms with Crippen LogP contribution < -0.4 is 10.6 Å². The summed E-state index contributed by atoms with van der Waals surface area (Å²) in [6, 6.07) is 1.75. The number of aromatic nitrogens is 2. The highest BCUT2D eigenvalue weighted by Gasteiger charge is 2.18. The van der Waals surface area contributed by atoms with E-state index >= 15 is 0 Å². The SMILES string of the molecule is CCn1nccc1CNC(C)C(=O)NC(C)(C)C. The summed E-state index contributed by atoms with van der Waals surface area (Å²) in [4.78, 5) is 11.9. The summed E-state index contributed by atoms with van der Waals surface area (Å²) in [6.45, 7) is 11.3. The van der Waals surface area contributed by atoms with Gasteiger partial charge in [0.25, 0.3) is 0 Å². The minimum absolute atomic E-state index is 0.0186. The van der Waals surface area contributed by atoms with Crippen molar-refractivity contribution >= 4 is 5.91 Å². The van der Waals surface area contributed by atoms with Crippen LogP contribution in [0.25, 0.3) is 0 Å². The molecule has 1 rings (SSSR count). The van der Waals surface area contributed by atoms with Gasteiger partial charge < -0.3 is 10.6 Å². The normalized spacial score (nSPS) is 13.4. The number of hydrogen-bond acceptors (Lipinski definition) is 3. The summed E-state index contributed by atoms with van der Waals surface area (Å²) < 4.78 is 1.92. The van der Waals surface area contributed by atoms with E-state index in [-0.39, 0.29) is 17.5 Å². The molecule has 1 aromatic rings. The van der Waals surface area contributed by atoms with Gasteiger partial charge in [-0.05, 0) is 40.7 Å². The van der Waals surface area contributed by atoms with E-state index in [1.165, 1.54) is 0 Å². The molecule has 0 aliphatic carbocycles. The third-order valence-corrected chi connectivity index (χ3v) is 2.58. The Balaban J connectivity index is 2.46. The van der Waals surface area contributed by atoms with Crippen molar-refractivity contribution in [2.24, 2.45) is 0 Å². The number of hydrogen-bond donors (Lipinski definition) is 2. The highest BCUT2D eigenvalue weighted by Crippen LogP contribution is 2.01. The van der Waals surface area contributed by atoms with Crippen LogP contribution in [0, 0.1) is 0 Å². The second kappa shape index (κ2) is 6.00. The first-order chi connectivity index (χ1) is 8.33. The molecule has 1 atom stereocenters. The third kappa shape index (κ3) is 4.49. The van der Waals surface area contributed by atoms with Gasteiger partial charge in [-0.3, -0.25) is 9.48 Å². The molecule has 0 spiro atoms. The molecule has 0 bridgehead atoms. The van der Waals surface area contributed by atoms with Crippen LogP contribution in [0.2, 0.25) is 0 Å². The van der Waals surface area contributed by atoms with Crippen LogP contribution in [0.3, 0.4) is 0 Å². The summed E-state index contributed by atoms with van der Waals surface area (Å²) in [6.07, 6.45) is 1.78. The van der Waals surface area contributed by atoms with Crippen molar-refractivity contribution in [3.05, 3.63) is 18.0 Å². The molecule has 1 heterocycles. The van der Waals surface area contributed by atoms with Crippen LogP contribution in [0.15, 0.2) is 12.3 Å². The van der Waals surface area contributed by atoms with Gasteiger partial charge in [0.15, 0.2) is 0 Å². The Morgan fingerprint density at radius 1 is 1.50 bits per heavy atom. The number of rotatable bonds is 5. The zero-order valence-corrected chi connectivity index (χ0v) is 11.9. The standard InChI is InChI=1S/C13H24N4O/c1-6-17-11(7-8-15-17)9-14-10(2)12(18)16-13(3,4)5/h7-8,10,14H,6,9H2,1-5H3,(H,16,18). The molecule has 1 unspecified atom stereocenters. The van der Waals surface area contributed by atoms with E-state index < -0.39 is 0 Å². The monoisotopic (exact) mass is 252 g/mol. The van der Waals surface area contributed by atoms with E-state index in [4.69, 9.17) is 0 Å². The molecule has 18 heavy (non-hydrogen) atoms. The van der Waals surface area contributed by atoms with Crippen LogP contribution in [-0.2, 0) is 17.9 Å². The zero-order valence-electron chi connectivity index (χ0n) is 11.9. The lowest BCUT2D eigenvalue weighted by atomic mass is 10.1. The molecule has 0 aromatic carbocycles. The number of aryl methyl sites for hydroxylation is 1. The molecule has 102 valence electrons. The molecule has 0 saturated carbocycles. The summed E-state index contributed by atoms with van der Waals surface area (Å²) in [5, 5.41) is 10.4. The van der Waals surface area contributed by atoms with Crippen molar-refractivity contribution in [2.75, 3.05) is 0 Å². The molecule has 0 fully saturated rings. The highest BCUT2D eigenvalue weighted by atomic mass is 16.2. The topological polar surface area (TPSA) is 59.0 Å². The van der Waals surface area contributed by atoms with Crippen LogP contribution in [-0.4, -0.2) is 27.3 Å². The van der Waals surface area contributed by atoms with Gasteiger partial charge in [-0.25, -0.2) is 0 Å². The van der Waals surface area contributed by atoms with Crippen LogP contribution >= 0.6 is 0 Å². The first-order valence-electron chi connectivity index (χ1n) is 6.39.